The first-order chi connectivity index (χ1) is 9.22. The molecule has 0 aliphatic carbocycles. The van der Waals surface area contributed by atoms with E-state index in [1.54, 1.807) is 19.2 Å². The SMILES string of the molecule is CCCC(COC)NC(=O)C(C#N)c1ccccc1. The van der Waals surface area contributed by atoms with Crippen LogP contribution >= 0.6 is 0 Å². The summed E-state index contributed by atoms with van der Waals surface area (Å²) >= 11 is 0. The monoisotopic (exact) mass is 260 g/mol. The molecule has 4 nitrogen and oxygen atoms in total. The van der Waals surface area contributed by atoms with Crippen LogP contribution in [0.2, 0.25) is 0 Å². The van der Waals surface area contributed by atoms with Crippen LogP contribution in [-0.4, -0.2) is 25.7 Å². The third kappa shape index (κ3) is 4.72. The standard InChI is InChI=1S/C15H20N2O2/c1-3-7-13(11-19-2)17-15(18)14(10-16)12-8-5-4-6-9-12/h4-6,8-9,13-14H,3,7,11H2,1-2H3,(H,17,18). The van der Waals surface area contributed by atoms with Gasteiger partial charge in [-0.05, 0) is 12.0 Å². The maximum atomic E-state index is 12.1. The second kappa shape index (κ2) is 8.28. The molecule has 1 N–H and O–H groups in total. The zero-order chi connectivity index (χ0) is 14.1. The van der Waals surface area contributed by atoms with Crippen molar-refractivity contribution in [1.29, 1.82) is 5.26 Å². The van der Waals surface area contributed by atoms with Gasteiger partial charge in [-0.2, -0.15) is 5.26 Å². The Morgan fingerprint density at radius 3 is 2.63 bits per heavy atom. The summed E-state index contributed by atoms with van der Waals surface area (Å²) in [6.45, 7) is 2.51. The summed E-state index contributed by atoms with van der Waals surface area (Å²) in [5.74, 6) is -1.03. The van der Waals surface area contributed by atoms with Gasteiger partial charge in [0.1, 0.15) is 5.92 Å². The zero-order valence-corrected chi connectivity index (χ0v) is 11.4. The van der Waals surface area contributed by atoms with Gasteiger partial charge in [0.15, 0.2) is 0 Å². The van der Waals surface area contributed by atoms with Crippen LogP contribution < -0.4 is 5.32 Å². The first-order valence-corrected chi connectivity index (χ1v) is 6.46. The molecule has 19 heavy (non-hydrogen) atoms. The summed E-state index contributed by atoms with van der Waals surface area (Å²) in [5, 5.41) is 12.1. The Balaban J connectivity index is 2.71. The highest BCUT2D eigenvalue weighted by Gasteiger charge is 2.22. The number of hydrogen-bond donors (Lipinski definition) is 1. The van der Waals surface area contributed by atoms with Crippen LogP contribution in [0, 0.1) is 11.3 Å². The fourth-order valence-electron chi connectivity index (χ4n) is 1.96. The van der Waals surface area contributed by atoms with Gasteiger partial charge in [0, 0.05) is 7.11 Å². The van der Waals surface area contributed by atoms with Gasteiger partial charge in [0.05, 0.1) is 18.7 Å². The van der Waals surface area contributed by atoms with Crippen molar-refractivity contribution in [1.82, 2.24) is 5.32 Å². The Kier molecular flexibility index (Phi) is 6.62. The predicted molar refractivity (Wildman–Crippen MR) is 73.5 cm³/mol. The molecule has 0 saturated heterocycles. The number of methoxy groups -OCH3 is 1. The highest BCUT2D eigenvalue weighted by molar-refractivity contribution is 5.86. The van der Waals surface area contributed by atoms with Gasteiger partial charge in [-0.3, -0.25) is 4.79 Å². The quantitative estimate of drug-likeness (QED) is 0.817. The second-order valence-electron chi connectivity index (χ2n) is 4.42. The van der Waals surface area contributed by atoms with Crippen molar-refractivity contribution < 1.29 is 9.53 Å². The highest BCUT2D eigenvalue weighted by atomic mass is 16.5. The summed E-state index contributed by atoms with van der Waals surface area (Å²) in [7, 11) is 1.60. The summed E-state index contributed by atoms with van der Waals surface area (Å²) in [6, 6.07) is 11.1. The van der Waals surface area contributed by atoms with Gasteiger partial charge >= 0.3 is 0 Å². The molecule has 0 radical (unpaired) electrons. The lowest BCUT2D eigenvalue weighted by molar-refractivity contribution is -0.122. The molecular weight excluding hydrogens is 240 g/mol. The van der Waals surface area contributed by atoms with Gasteiger partial charge in [0.2, 0.25) is 5.91 Å². The van der Waals surface area contributed by atoms with Crippen LogP contribution in [0.15, 0.2) is 30.3 Å². The first kappa shape index (κ1) is 15.2. The van der Waals surface area contributed by atoms with Crippen LogP contribution in [-0.2, 0) is 9.53 Å². The lowest BCUT2D eigenvalue weighted by Gasteiger charge is -2.19. The number of carbonyl (C=O) groups is 1. The van der Waals surface area contributed by atoms with Crippen LogP contribution in [0.3, 0.4) is 0 Å². The molecule has 0 heterocycles. The molecule has 1 rings (SSSR count). The smallest absolute Gasteiger partial charge is 0.242 e. The molecule has 0 aliphatic heterocycles. The van der Waals surface area contributed by atoms with Gasteiger partial charge in [-0.15, -0.1) is 0 Å². The van der Waals surface area contributed by atoms with E-state index in [1.165, 1.54) is 0 Å². The largest absolute Gasteiger partial charge is 0.383 e. The van der Waals surface area contributed by atoms with Crippen molar-refractivity contribution in [2.75, 3.05) is 13.7 Å². The maximum Gasteiger partial charge on any atom is 0.242 e. The Hall–Kier alpha value is -1.86. The molecule has 102 valence electrons. The molecule has 1 aromatic rings. The third-order valence-electron chi connectivity index (χ3n) is 2.88. The van der Waals surface area contributed by atoms with E-state index in [2.05, 4.69) is 11.4 Å². The number of rotatable bonds is 7. The van der Waals surface area contributed by atoms with Crippen molar-refractivity contribution in [3.8, 4) is 6.07 Å². The minimum Gasteiger partial charge on any atom is -0.383 e. The van der Waals surface area contributed by atoms with Crippen molar-refractivity contribution in [2.24, 2.45) is 0 Å². The first-order valence-electron chi connectivity index (χ1n) is 6.46. The minimum absolute atomic E-state index is 0.0398. The van der Waals surface area contributed by atoms with Crippen molar-refractivity contribution in [3.63, 3.8) is 0 Å². The van der Waals surface area contributed by atoms with Gasteiger partial charge < -0.3 is 10.1 Å². The van der Waals surface area contributed by atoms with Crippen LogP contribution in [0.25, 0.3) is 0 Å². The third-order valence-corrected chi connectivity index (χ3v) is 2.88. The average molecular weight is 260 g/mol. The zero-order valence-electron chi connectivity index (χ0n) is 11.4. The van der Waals surface area contributed by atoms with Gasteiger partial charge in [-0.1, -0.05) is 43.7 Å². The van der Waals surface area contributed by atoms with Gasteiger partial charge in [0.25, 0.3) is 0 Å². The fraction of sp³-hybridized carbons (Fsp3) is 0.467. The summed E-state index contributed by atoms with van der Waals surface area (Å²) in [5.41, 5.74) is 0.718. The molecule has 2 unspecified atom stereocenters. The molecule has 0 fully saturated rings. The van der Waals surface area contributed by atoms with Crippen LogP contribution in [0.4, 0.5) is 0 Å². The number of nitrogens with zero attached hydrogens (tertiary/aromatic N) is 1. The van der Waals surface area contributed by atoms with E-state index in [-0.39, 0.29) is 11.9 Å². The van der Waals surface area contributed by atoms with E-state index in [0.29, 0.717) is 6.61 Å². The molecule has 0 saturated carbocycles. The molecule has 0 aromatic heterocycles. The molecule has 4 heteroatoms. The van der Waals surface area contributed by atoms with Crippen LogP contribution in [0.5, 0.6) is 0 Å². The molecule has 0 bridgehead atoms. The predicted octanol–water partition coefficient (Wildman–Crippen LogP) is 2.23. The Bertz CT molecular complexity index is 420. The lowest BCUT2D eigenvalue weighted by atomic mass is 9.99. The van der Waals surface area contributed by atoms with E-state index in [9.17, 15) is 10.1 Å². The number of ether oxygens (including phenoxy) is 1. The van der Waals surface area contributed by atoms with Crippen molar-refractivity contribution in [3.05, 3.63) is 35.9 Å². The molecule has 0 spiro atoms. The Morgan fingerprint density at radius 1 is 1.42 bits per heavy atom. The number of carbonyl (C=O) groups excluding carboxylic acids is 1. The summed E-state index contributed by atoms with van der Waals surface area (Å²) in [6.07, 6.45) is 1.80. The summed E-state index contributed by atoms with van der Waals surface area (Å²) < 4.78 is 5.08. The molecule has 1 amide bonds. The van der Waals surface area contributed by atoms with E-state index < -0.39 is 5.92 Å². The minimum atomic E-state index is -0.766. The number of hydrogen-bond acceptors (Lipinski definition) is 3. The number of nitriles is 1. The Labute approximate surface area is 114 Å². The van der Waals surface area contributed by atoms with Gasteiger partial charge in [-0.25, -0.2) is 0 Å². The second-order valence-corrected chi connectivity index (χ2v) is 4.42. The molecule has 0 aliphatic rings. The number of nitrogens with one attached hydrogen (secondary N) is 1. The topological polar surface area (TPSA) is 62.1 Å². The molecule has 1 aromatic carbocycles. The Morgan fingerprint density at radius 2 is 2.11 bits per heavy atom. The normalized spacial score (nSPS) is 13.3. The summed E-state index contributed by atoms with van der Waals surface area (Å²) in [4.78, 5) is 12.1. The molecular formula is C15H20N2O2. The fourth-order valence-corrected chi connectivity index (χ4v) is 1.96. The van der Waals surface area contributed by atoms with Crippen molar-refractivity contribution in [2.45, 2.75) is 31.7 Å². The van der Waals surface area contributed by atoms with E-state index >= 15 is 0 Å². The number of benzene rings is 1. The average Bonchev–Trinajstić information content (AvgIpc) is 2.41. The van der Waals surface area contributed by atoms with E-state index in [0.717, 1.165) is 18.4 Å². The van der Waals surface area contributed by atoms with E-state index in [4.69, 9.17) is 4.74 Å². The number of amides is 1. The van der Waals surface area contributed by atoms with Crippen LogP contribution in [0.1, 0.15) is 31.2 Å². The highest BCUT2D eigenvalue weighted by Crippen LogP contribution is 2.15. The maximum absolute atomic E-state index is 12.1. The molecule has 2 atom stereocenters. The lowest BCUT2D eigenvalue weighted by Crippen LogP contribution is -2.40. The van der Waals surface area contributed by atoms with Crippen molar-refractivity contribution >= 4 is 5.91 Å². The van der Waals surface area contributed by atoms with E-state index in [1.807, 2.05) is 25.1 Å².